The van der Waals surface area contributed by atoms with Crippen molar-refractivity contribution in [3.63, 3.8) is 0 Å². The van der Waals surface area contributed by atoms with Crippen molar-refractivity contribution < 1.29 is 0 Å². The number of nitrogens with one attached hydrogen (secondary N) is 1. The highest BCUT2D eigenvalue weighted by Gasteiger charge is 2.29. The first kappa shape index (κ1) is 14.4. The van der Waals surface area contributed by atoms with Crippen LogP contribution in [0.5, 0.6) is 0 Å². The molecule has 2 fully saturated rings. The van der Waals surface area contributed by atoms with E-state index in [0.717, 1.165) is 10.9 Å². The molecule has 1 saturated carbocycles. The first-order chi connectivity index (χ1) is 9.72. The van der Waals surface area contributed by atoms with Gasteiger partial charge in [0, 0.05) is 30.2 Å². The minimum atomic E-state index is 0.455. The molecule has 0 amide bonds. The second-order valence-corrected chi connectivity index (χ2v) is 6.86. The third-order valence-corrected chi connectivity index (χ3v) is 4.92. The van der Waals surface area contributed by atoms with Gasteiger partial charge in [0.25, 0.3) is 0 Å². The molecule has 1 aliphatic heterocycles. The molecule has 0 spiro atoms. The summed E-state index contributed by atoms with van der Waals surface area (Å²) in [6, 6.07) is 9.48. The average molecular weight is 293 g/mol. The van der Waals surface area contributed by atoms with Crippen LogP contribution in [0.15, 0.2) is 24.3 Å². The molecule has 3 heteroatoms. The number of nitrogens with zero attached hydrogens (tertiary/aromatic N) is 1. The highest BCUT2D eigenvalue weighted by Crippen LogP contribution is 2.33. The predicted octanol–water partition coefficient (Wildman–Crippen LogP) is 3.87. The zero-order valence-electron chi connectivity index (χ0n) is 12.3. The van der Waals surface area contributed by atoms with E-state index in [4.69, 9.17) is 11.6 Å². The molecular weight excluding hydrogens is 268 g/mol. The summed E-state index contributed by atoms with van der Waals surface area (Å²) in [5.74, 6) is 0.929. The van der Waals surface area contributed by atoms with E-state index in [-0.39, 0.29) is 0 Å². The second-order valence-electron chi connectivity index (χ2n) is 6.42. The fraction of sp³-hybridized carbons (Fsp3) is 0.647. The second kappa shape index (κ2) is 6.46. The number of benzene rings is 1. The first-order valence-corrected chi connectivity index (χ1v) is 8.33. The Hall–Kier alpha value is -0.570. The van der Waals surface area contributed by atoms with E-state index >= 15 is 0 Å². The Kier molecular flexibility index (Phi) is 4.65. The summed E-state index contributed by atoms with van der Waals surface area (Å²) < 4.78 is 0. The van der Waals surface area contributed by atoms with Gasteiger partial charge >= 0.3 is 0 Å². The Morgan fingerprint density at radius 1 is 1.30 bits per heavy atom. The molecule has 20 heavy (non-hydrogen) atoms. The SMILES string of the molecule is CC(c1cccc(Cl)c1)N(CC1CC1)CC1CCCN1. The zero-order valence-corrected chi connectivity index (χ0v) is 13.1. The largest absolute Gasteiger partial charge is 0.313 e. The molecule has 110 valence electrons. The van der Waals surface area contributed by atoms with Crippen molar-refractivity contribution in [2.24, 2.45) is 5.92 Å². The Balaban J connectivity index is 1.69. The van der Waals surface area contributed by atoms with Gasteiger partial charge in [-0.05, 0) is 62.8 Å². The molecule has 3 rings (SSSR count). The van der Waals surface area contributed by atoms with Crippen molar-refractivity contribution >= 4 is 11.6 Å². The molecule has 1 aromatic rings. The summed E-state index contributed by atoms with van der Waals surface area (Å²) in [5, 5.41) is 4.48. The molecule has 1 saturated heterocycles. The normalized spacial score (nSPS) is 24.2. The smallest absolute Gasteiger partial charge is 0.0409 e. The van der Waals surface area contributed by atoms with Crippen molar-refractivity contribution in [1.29, 1.82) is 0 Å². The average Bonchev–Trinajstić information content (AvgIpc) is 3.11. The molecule has 1 N–H and O–H groups in total. The topological polar surface area (TPSA) is 15.3 Å². The van der Waals surface area contributed by atoms with Crippen LogP contribution < -0.4 is 5.32 Å². The van der Waals surface area contributed by atoms with Crippen molar-refractivity contribution in [3.05, 3.63) is 34.9 Å². The summed E-state index contributed by atoms with van der Waals surface area (Å²) in [4.78, 5) is 2.66. The van der Waals surface area contributed by atoms with Crippen LogP contribution in [0, 0.1) is 5.92 Å². The maximum atomic E-state index is 6.15. The standard InChI is InChI=1S/C17H25ClN2/c1-13(15-4-2-5-16(18)10-15)20(11-14-7-8-14)12-17-6-3-9-19-17/h2,4-5,10,13-14,17,19H,3,6-9,11-12H2,1H3. The van der Waals surface area contributed by atoms with E-state index in [2.05, 4.69) is 35.3 Å². The molecule has 1 heterocycles. The van der Waals surface area contributed by atoms with Gasteiger partial charge in [0.2, 0.25) is 0 Å². The fourth-order valence-electron chi connectivity index (χ4n) is 3.20. The first-order valence-electron chi connectivity index (χ1n) is 7.95. The third kappa shape index (κ3) is 3.75. The van der Waals surface area contributed by atoms with Crippen molar-refractivity contribution in [2.75, 3.05) is 19.6 Å². The van der Waals surface area contributed by atoms with Gasteiger partial charge in [-0.15, -0.1) is 0 Å². The molecule has 2 nitrogen and oxygen atoms in total. The summed E-state index contributed by atoms with van der Waals surface area (Å²) in [6.45, 7) is 5.92. The fourth-order valence-corrected chi connectivity index (χ4v) is 3.39. The lowest BCUT2D eigenvalue weighted by molar-refractivity contribution is 0.184. The minimum absolute atomic E-state index is 0.455. The number of halogens is 1. The monoisotopic (exact) mass is 292 g/mol. The van der Waals surface area contributed by atoms with Crippen LogP contribution in [-0.2, 0) is 0 Å². The van der Waals surface area contributed by atoms with Crippen molar-refractivity contribution in [2.45, 2.75) is 44.7 Å². The summed E-state index contributed by atoms with van der Waals surface area (Å²) >= 11 is 6.15. The van der Waals surface area contributed by atoms with Gasteiger partial charge in [-0.3, -0.25) is 4.90 Å². The number of rotatable bonds is 6. The van der Waals surface area contributed by atoms with E-state index in [1.54, 1.807) is 0 Å². The van der Waals surface area contributed by atoms with E-state index in [9.17, 15) is 0 Å². The van der Waals surface area contributed by atoms with Crippen LogP contribution in [0.2, 0.25) is 5.02 Å². The lowest BCUT2D eigenvalue weighted by Crippen LogP contribution is -2.40. The predicted molar refractivity (Wildman–Crippen MR) is 85.2 cm³/mol. The molecule has 1 aromatic carbocycles. The van der Waals surface area contributed by atoms with Crippen molar-refractivity contribution in [1.82, 2.24) is 10.2 Å². The highest BCUT2D eigenvalue weighted by atomic mass is 35.5. The van der Waals surface area contributed by atoms with Gasteiger partial charge in [-0.2, -0.15) is 0 Å². The lowest BCUT2D eigenvalue weighted by Gasteiger charge is -2.32. The third-order valence-electron chi connectivity index (χ3n) is 4.69. The van der Waals surface area contributed by atoms with Crippen LogP contribution in [0.3, 0.4) is 0 Å². The van der Waals surface area contributed by atoms with Gasteiger partial charge in [0.05, 0.1) is 0 Å². The van der Waals surface area contributed by atoms with Gasteiger partial charge in [0.15, 0.2) is 0 Å². The zero-order chi connectivity index (χ0) is 13.9. The highest BCUT2D eigenvalue weighted by molar-refractivity contribution is 6.30. The number of hydrogen-bond acceptors (Lipinski definition) is 2. The van der Waals surface area contributed by atoms with Crippen LogP contribution in [0.25, 0.3) is 0 Å². The molecule has 0 aromatic heterocycles. The van der Waals surface area contributed by atoms with Gasteiger partial charge in [-0.1, -0.05) is 23.7 Å². The molecule has 2 atom stereocenters. The summed E-state index contributed by atoms with van der Waals surface area (Å²) in [5.41, 5.74) is 1.34. The van der Waals surface area contributed by atoms with E-state index in [1.807, 2.05) is 6.07 Å². The van der Waals surface area contributed by atoms with E-state index in [0.29, 0.717) is 12.1 Å². The summed E-state index contributed by atoms with van der Waals surface area (Å²) in [7, 11) is 0. The van der Waals surface area contributed by atoms with E-state index < -0.39 is 0 Å². The van der Waals surface area contributed by atoms with Crippen molar-refractivity contribution in [3.8, 4) is 0 Å². The quantitative estimate of drug-likeness (QED) is 0.856. The molecule has 2 unspecified atom stereocenters. The number of hydrogen-bond donors (Lipinski definition) is 1. The van der Waals surface area contributed by atoms with Gasteiger partial charge in [0.1, 0.15) is 0 Å². The lowest BCUT2D eigenvalue weighted by atomic mass is 10.1. The Labute approximate surface area is 127 Å². The molecule has 2 aliphatic rings. The molecule has 0 radical (unpaired) electrons. The maximum Gasteiger partial charge on any atom is 0.0409 e. The van der Waals surface area contributed by atoms with E-state index in [1.165, 1.54) is 50.9 Å². The van der Waals surface area contributed by atoms with Crippen LogP contribution >= 0.6 is 11.6 Å². The van der Waals surface area contributed by atoms with Crippen LogP contribution in [-0.4, -0.2) is 30.6 Å². The maximum absolute atomic E-state index is 6.15. The molecule has 0 bridgehead atoms. The minimum Gasteiger partial charge on any atom is -0.313 e. The molecular formula is C17H25ClN2. The Morgan fingerprint density at radius 3 is 2.80 bits per heavy atom. The Bertz CT molecular complexity index is 438. The van der Waals surface area contributed by atoms with Gasteiger partial charge in [-0.25, -0.2) is 0 Å². The van der Waals surface area contributed by atoms with Crippen LogP contribution in [0.1, 0.15) is 44.2 Å². The van der Waals surface area contributed by atoms with Gasteiger partial charge < -0.3 is 5.32 Å². The molecule has 1 aliphatic carbocycles. The Morgan fingerprint density at radius 2 is 2.15 bits per heavy atom. The summed E-state index contributed by atoms with van der Waals surface area (Å²) in [6.07, 6.45) is 5.48. The van der Waals surface area contributed by atoms with Crippen LogP contribution in [0.4, 0.5) is 0 Å².